The summed E-state index contributed by atoms with van der Waals surface area (Å²) in [6.45, 7) is 7.50. The highest BCUT2D eigenvalue weighted by atomic mass is 35.5. The third kappa shape index (κ3) is 6.82. The predicted octanol–water partition coefficient (Wildman–Crippen LogP) is 5.16. The number of fused-ring (bicyclic) bond motifs is 1. The molecular formula is C23H34Cl2N2O3. The van der Waals surface area contributed by atoms with Crippen LogP contribution in [0.2, 0.25) is 0 Å². The Morgan fingerprint density at radius 2 is 1.90 bits per heavy atom. The van der Waals surface area contributed by atoms with E-state index in [9.17, 15) is 0 Å². The van der Waals surface area contributed by atoms with Gasteiger partial charge in [0.1, 0.15) is 5.75 Å². The molecule has 0 radical (unpaired) electrons. The summed E-state index contributed by atoms with van der Waals surface area (Å²) in [6, 6.07) is 10.4. The van der Waals surface area contributed by atoms with Crippen LogP contribution < -0.4 is 10.1 Å². The molecule has 2 aromatic rings. The van der Waals surface area contributed by atoms with Crippen LogP contribution in [0.15, 0.2) is 30.3 Å². The number of unbranched alkanes of at least 4 members (excludes halogenated alkanes) is 1. The molecule has 0 amide bonds. The molecular weight excluding hydrogens is 423 g/mol. The lowest BCUT2D eigenvalue weighted by molar-refractivity contribution is -0.119. The predicted molar refractivity (Wildman–Crippen MR) is 125 cm³/mol. The molecule has 1 aliphatic rings. The second-order valence-electron chi connectivity index (χ2n) is 7.21. The fourth-order valence-corrected chi connectivity index (χ4v) is 3.59. The topological polar surface area (TPSA) is 52.6 Å². The van der Waals surface area contributed by atoms with Gasteiger partial charge in [-0.25, -0.2) is 0 Å². The van der Waals surface area contributed by atoms with Crippen molar-refractivity contribution in [3.8, 4) is 5.75 Å². The average molecular weight is 457 g/mol. The lowest BCUT2D eigenvalue weighted by atomic mass is 10.0. The van der Waals surface area contributed by atoms with Gasteiger partial charge in [-0.2, -0.15) is 0 Å². The zero-order chi connectivity index (χ0) is 19.8. The first-order valence-electron chi connectivity index (χ1n) is 10.3. The van der Waals surface area contributed by atoms with Gasteiger partial charge in [-0.1, -0.05) is 37.3 Å². The number of pyridine rings is 1. The van der Waals surface area contributed by atoms with Crippen molar-refractivity contribution < 1.29 is 14.2 Å². The third-order valence-electron chi connectivity index (χ3n) is 5.01. The lowest BCUT2D eigenvalue weighted by Crippen LogP contribution is -2.16. The second kappa shape index (κ2) is 13.8. The Morgan fingerprint density at radius 3 is 2.60 bits per heavy atom. The van der Waals surface area contributed by atoms with Crippen LogP contribution in [0.25, 0.3) is 0 Å². The van der Waals surface area contributed by atoms with E-state index < -0.39 is 0 Å². The van der Waals surface area contributed by atoms with Crippen molar-refractivity contribution in [2.24, 2.45) is 0 Å². The van der Waals surface area contributed by atoms with E-state index >= 15 is 0 Å². The van der Waals surface area contributed by atoms with Gasteiger partial charge in [0.25, 0.3) is 0 Å². The van der Waals surface area contributed by atoms with Crippen molar-refractivity contribution in [3.05, 3.63) is 58.4 Å². The van der Waals surface area contributed by atoms with Gasteiger partial charge in [0, 0.05) is 19.1 Å². The maximum absolute atomic E-state index is 6.17. The smallest absolute Gasteiger partial charge is 0.187 e. The molecule has 0 saturated carbocycles. The first-order valence-corrected chi connectivity index (χ1v) is 10.3. The van der Waals surface area contributed by atoms with Crippen LogP contribution in [0.4, 0.5) is 0 Å². The van der Waals surface area contributed by atoms with Gasteiger partial charge in [0.05, 0.1) is 30.2 Å². The summed E-state index contributed by atoms with van der Waals surface area (Å²) in [6.07, 6.45) is 3.68. The molecule has 0 fully saturated rings. The van der Waals surface area contributed by atoms with Crippen LogP contribution in [-0.2, 0) is 22.5 Å². The van der Waals surface area contributed by atoms with E-state index in [-0.39, 0.29) is 31.1 Å². The molecule has 1 N–H and O–H groups in total. The molecule has 168 valence electrons. The molecule has 1 aliphatic heterocycles. The highest BCUT2D eigenvalue weighted by molar-refractivity contribution is 5.85. The number of nitrogens with zero attached hydrogens (tertiary/aromatic N) is 1. The molecule has 0 bridgehead atoms. The molecule has 1 unspecified atom stereocenters. The van der Waals surface area contributed by atoms with E-state index in [0.717, 1.165) is 60.6 Å². The SMILES string of the molecule is CCCNCCCCOc1c(C)nc(Cc2ccccc2)c2c1C(OC)OC2.Cl.Cl. The zero-order valence-corrected chi connectivity index (χ0v) is 19.7. The van der Waals surface area contributed by atoms with E-state index in [1.807, 2.05) is 13.0 Å². The molecule has 2 heterocycles. The molecule has 0 spiro atoms. The fraction of sp³-hybridized carbons (Fsp3) is 0.522. The summed E-state index contributed by atoms with van der Waals surface area (Å²) < 4.78 is 17.6. The minimum absolute atomic E-state index is 0. The number of hydrogen-bond acceptors (Lipinski definition) is 5. The van der Waals surface area contributed by atoms with Crippen molar-refractivity contribution >= 4 is 24.8 Å². The van der Waals surface area contributed by atoms with Crippen molar-refractivity contribution in [1.29, 1.82) is 0 Å². The first-order chi connectivity index (χ1) is 13.7. The normalized spacial score (nSPS) is 14.6. The standard InChI is InChI=1S/C23H32N2O3.2ClH/c1-4-12-24-13-8-9-14-27-22-17(2)25-20(15-18-10-6-5-7-11-18)19-16-28-23(26-3)21(19)22;;/h5-7,10-11,23-24H,4,8-9,12-16H2,1-3H3;2*1H. The summed E-state index contributed by atoms with van der Waals surface area (Å²) in [7, 11) is 1.68. The van der Waals surface area contributed by atoms with Crippen LogP contribution >= 0.6 is 24.8 Å². The maximum atomic E-state index is 6.17. The fourth-order valence-electron chi connectivity index (χ4n) is 3.59. The highest BCUT2D eigenvalue weighted by Gasteiger charge is 2.32. The van der Waals surface area contributed by atoms with E-state index in [1.54, 1.807) is 7.11 Å². The minimum atomic E-state index is -0.382. The van der Waals surface area contributed by atoms with E-state index in [1.165, 1.54) is 12.0 Å². The van der Waals surface area contributed by atoms with E-state index in [2.05, 4.69) is 36.5 Å². The molecule has 1 atom stereocenters. The molecule has 1 aromatic heterocycles. The summed E-state index contributed by atoms with van der Waals surface area (Å²) in [5.74, 6) is 0.831. The molecule has 0 aliphatic carbocycles. The van der Waals surface area contributed by atoms with Gasteiger partial charge in [0.15, 0.2) is 6.29 Å². The van der Waals surface area contributed by atoms with Crippen LogP contribution in [0.3, 0.4) is 0 Å². The molecule has 0 saturated heterocycles. The van der Waals surface area contributed by atoms with Gasteiger partial charge in [-0.05, 0) is 44.8 Å². The Kier molecular flexibility index (Phi) is 12.3. The minimum Gasteiger partial charge on any atom is -0.491 e. The summed E-state index contributed by atoms with van der Waals surface area (Å²) >= 11 is 0. The monoisotopic (exact) mass is 456 g/mol. The molecule has 5 nitrogen and oxygen atoms in total. The maximum Gasteiger partial charge on any atom is 0.187 e. The summed E-state index contributed by atoms with van der Waals surface area (Å²) in [4.78, 5) is 4.88. The van der Waals surface area contributed by atoms with Crippen molar-refractivity contribution in [2.75, 3.05) is 26.8 Å². The Balaban J connectivity index is 0.00000225. The largest absolute Gasteiger partial charge is 0.491 e. The number of aryl methyl sites for hydroxylation is 1. The van der Waals surface area contributed by atoms with Gasteiger partial charge >= 0.3 is 0 Å². The summed E-state index contributed by atoms with van der Waals surface area (Å²) in [5.41, 5.74) is 5.33. The number of halogens is 2. The van der Waals surface area contributed by atoms with Gasteiger partial charge < -0.3 is 19.5 Å². The van der Waals surface area contributed by atoms with Crippen LogP contribution in [0, 0.1) is 6.92 Å². The Bertz CT molecular complexity index is 760. The highest BCUT2D eigenvalue weighted by Crippen LogP contribution is 2.41. The number of nitrogens with one attached hydrogen (secondary N) is 1. The van der Waals surface area contributed by atoms with Gasteiger partial charge in [-0.3, -0.25) is 4.98 Å². The number of hydrogen-bond donors (Lipinski definition) is 1. The average Bonchev–Trinajstić information content (AvgIpc) is 3.14. The quantitative estimate of drug-likeness (QED) is 0.473. The first kappa shape index (κ1) is 26.7. The molecule has 1 aromatic carbocycles. The van der Waals surface area contributed by atoms with E-state index in [0.29, 0.717) is 13.2 Å². The van der Waals surface area contributed by atoms with Crippen molar-refractivity contribution in [3.63, 3.8) is 0 Å². The number of rotatable bonds is 11. The van der Waals surface area contributed by atoms with Crippen LogP contribution in [0.5, 0.6) is 5.75 Å². The number of ether oxygens (including phenoxy) is 3. The molecule has 30 heavy (non-hydrogen) atoms. The second-order valence-corrected chi connectivity index (χ2v) is 7.21. The van der Waals surface area contributed by atoms with E-state index in [4.69, 9.17) is 19.2 Å². The van der Waals surface area contributed by atoms with Crippen molar-refractivity contribution in [1.82, 2.24) is 10.3 Å². The Labute approximate surface area is 192 Å². The van der Waals surface area contributed by atoms with Crippen LogP contribution in [-0.4, -0.2) is 31.8 Å². The Hall–Kier alpha value is -1.37. The number of methoxy groups -OCH3 is 1. The third-order valence-corrected chi connectivity index (χ3v) is 5.01. The summed E-state index contributed by atoms with van der Waals surface area (Å²) in [5, 5.41) is 3.43. The Morgan fingerprint density at radius 1 is 1.13 bits per heavy atom. The number of benzene rings is 1. The van der Waals surface area contributed by atoms with Gasteiger partial charge in [-0.15, -0.1) is 24.8 Å². The lowest BCUT2D eigenvalue weighted by Gasteiger charge is -2.18. The molecule has 3 rings (SSSR count). The van der Waals surface area contributed by atoms with Crippen molar-refractivity contribution in [2.45, 2.75) is 52.4 Å². The van der Waals surface area contributed by atoms with Crippen LogP contribution in [0.1, 0.15) is 60.6 Å². The zero-order valence-electron chi connectivity index (χ0n) is 18.1. The van der Waals surface area contributed by atoms with Gasteiger partial charge in [0.2, 0.25) is 0 Å². The number of aromatic nitrogens is 1. The molecule has 7 heteroatoms.